The summed E-state index contributed by atoms with van der Waals surface area (Å²) in [5.41, 5.74) is -0.806. The predicted molar refractivity (Wildman–Crippen MR) is 59.0 cm³/mol. The van der Waals surface area contributed by atoms with Gasteiger partial charge in [-0.3, -0.25) is 9.59 Å². The molecule has 0 aromatic rings. The van der Waals surface area contributed by atoms with Crippen molar-refractivity contribution in [1.82, 2.24) is 0 Å². The number of fused-ring (bicyclic) bond motifs is 1. The lowest BCUT2D eigenvalue weighted by Crippen LogP contribution is -2.62. The van der Waals surface area contributed by atoms with Crippen LogP contribution in [0.5, 0.6) is 0 Å². The van der Waals surface area contributed by atoms with Crippen LogP contribution in [0.1, 0.15) is 40.0 Å². The highest BCUT2D eigenvalue weighted by atomic mass is 16.6. The van der Waals surface area contributed by atoms with E-state index in [-0.39, 0.29) is 23.4 Å². The number of esters is 2. The minimum atomic E-state index is -0.679. The third kappa shape index (κ3) is 1.42. The second-order valence-corrected chi connectivity index (χ2v) is 6.39. The number of rotatable bonds is 0. The zero-order valence-electron chi connectivity index (χ0n) is 10.5. The molecule has 0 aromatic carbocycles. The minimum Gasteiger partial charge on any atom is -0.459 e. The average molecular weight is 238 g/mol. The van der Waals surface area contributed by atoms with Crippen molar-refractivity contribution in [2.75, 3.05) is 0 Å². The average Bonchev–Trinajstić information content (AvgIpc) is 2.12. The van der Waals surface area contributed by atoms with Crippen LogP contribution >= 0.6 is 0 Å². The maximum atomic E-state index is 11.9. The fourth-order valence-corrected chi connectivity index (χ4v) is 3.87. The van der Waals surface area contributed by atoms with E-state index in [2.05, 4.69) is 0 Å². The van der Waals surface area contributed by atoms with E-state index in [1.165, 1.54) is 0 Å². The third-order valence-electron chi connectivity index (χ3n) is 4.71. The molecule has 0 unspecified atom stereocenters. The van der Waals surface area contributed by atoms with Gasteiger partial charge in [0.25, 0.3) is 0 Å². The molecule has 2 bridgehead atoms. The van der Waals surface area contributed by atoms with Crippen LogP contribution in [-0.2, 0) is 19.1 Å². The molecule has 17 heavy (non-hydrogen) atoms. The zero-order chi connectivity index (χ0) is 12.4. The van der Waals surface area contributed by atoms with Crippen LogP contribution in [0.25, 0.3) is 0 Å². The Morgan fingerprint density at radius 1 is 1.12 bits per heavy atom. The number of ether oxygens (including phenoxy) is 2. The number of carbonyl (C=O) groups is 2. The van der Waals surface area contributed by atoms with Gasteiger partial charge in [0, 0.05) is 5.92 Å². The lowest BCUT2D eigenvalue weighted by atomic mass is 9.59. The van der Waals surface area contributed by atoms with E-state index in [1.54, 1.807) is 0 Å². The van der Waals surface area contributed by atoms with Crippen molar-refractivity contribution in [2.45, 2.75) is 51.2 Å². The minimum absolute atomic E-state index is 0.103. The van der Waals surface area contributed by atoms with E-state index < -0.39 is 17.5 Å². The maximum Gasteiger partial charge on any atom is 0.321 e. The fraction of sp³-hybridized carbons (Fsp3) is 0.846. The molecule has 4 nitrogen and oxygen atoms in total. The molecule has 0 amide bonds. The fourth-order valence-electron chi connectivity index (χ4n) is 3.87. The van der Waals surface area contributed by atoms with Crippen molar-refractivity contribution in [3.8, 4) is 0 Å². The first kappa shape index (κ1) is 11.1. The van der Waals surface area contributed by atoms with Gasteiger partial charge in [0.2, 0.25) is 0 Å². The van der Waals surface area contributed by atoms with Gasteiger partial charge in [-0.15, -0.1) is 0 Å². The van der Waals surface area contributed by atoms with Crippen LogP contribution < -0.4 is 0 Å². The van der Waals surface area contributed by atoms with Gasteiger partial charge in [-0.2, -0.15) is 0 Å². The smallest absolute Gasteiger partial charge is 0.321 e. The molecule has 0 spiro atoms. The Kier molecular flexibility index (Phi) is 1.97. The Labute approximate surface area is 101 Å². The molecule has 3 fully saturated rings. The van der Waals surface area contributed by atoms with Crippen molar-refractivity contribution in [1.29, 1.82) is 0 Å². The quantitative estimate of drug-likeness (QED) is 0.476. The van der Waals surface area contributed by atoms with Gasteiger partial charge in [0.05, 0.1) is 0 Å². The van der Waals surface area contributed by atoms with Crippen molar-refractivity contribution < 1.29 is 19.1 Å². The molecule has 94 valence electrons. The number of hydrogen-bond acceptors (Lipinski definition) is 4. The third-order valence-corrected chi connectivity index (χ3v) is 4.71. The summed E-state index contributed by atoms with van der Waals surface area (Å²) in [6.07, 6.45) is 2.63. The summed E-state index contributed by atoms with van der Waals surface area (Å²) in [5, 5.41) is 0. The normalized spacial score (nSPS) is 47.1. The van der Waals surface area contributed by atoms with Crippen LogP contribution in [0, 0.1) is 17.8 Å². The van der Waals surface area contributed by atoms with Gasteiger partial charge in [-0.1, -0.05) is 0 Å². The first-order valence-corrected chi connectivity index (χ1v) is 6.28. The van der Waals surface area contributed by atoms with Crippen molar-refractivity contribution >= 4 is 11.9 Å². The molecule has 1 saturated carbocycles. The highest BCUT2D eigenvalue weighted by Crippen LogP contribution is 2.53. The number of hydrogen-bond donors (Lipinski definition) is 0. The summed E-state index contributed by atoms with van der Waals surface area (Å²) in [4.78, 5) is 23.8. The summed E-state index contributed by atoms with van der Waals surface area (Å²) in [6.45, 7) is 5.88. The lowest BCUT2D eigenvalue weighted by Gasteiger charge is -2.55. The zero-order valence-corrected chi connectivity index (χ0v) is 10.5. The largest absolute Gasteiger partial charge is 0.459 e. The Balaban J connectivity index is 2.02. The Hall–Kier alpha value is -1.06. The summed E-state index contributed by atoms with van der Waals surface area (Å²) >= 11 is 0. The van der Waals surface area contributed by atoms with E-state index in [4.69, 9.17) is 9.47 Å². The highest BCUT2D eigenvalue weighted by Gasteiger charge is 2.61. The molecule has 2 aliphatic heterocycles. The molecule has 4 heteroatoms. The van der Waals surface area contributed by atoms with E-state index in [0.29, 0.717) is 0 Å². The molecule has 3 rings (SSSR count). The standard InChI is InChI=1S/C13H18O4/c1-12(2)8-4-5-13(3)6-7(8)9(10(14)16-12)11(15)17-13/h7-9H,4-6H2,1-3H3/t7-,8-,9+,13-/m1/s1. The highest BCUT2D eigenvalue weighted by molar-refractivity contribution is 5.96. The lowest BCUT2D eigenvalue weighted by molar-refractivity contribution is -0.229. The molecule has 4 atom stereocenters. The van der Waals surface area contributed by atoms with E-state index in [1.807, 2.05) is 20.8 Å². The molecule has 2 saturated heterocycles. The summed E-state index contributed by atoms with van der Waals surface area (Å²) < 4.78 is 10.9. The van der Waals surface area contributed by atoms with Gasteiger partial charge in [0.15, 0.2) is 5.92 Å². The Morgan fingerprint density at radius 2 is 1.76 bits per heavy atom. The summed E-state index contributed by atoms with van der Waals surface area (Å²) in [5.74, 6) is -1.07. The van der Waals surface area contributed by atoms with Gasteiger partial charge in [-0.05, 0) is 46.0 Å². The van der Waals surface area contributed by atoms with Crippen LogP contribution in [0.2, 0.25) is 0 Å². The maximum absolute atomic E-state index is 11.9. The van der Waals surface area contributed by atoms with E-state index in [9.17, 15) is 9.59 Å². The monoisotopic (exact) mass is 238 g/mol. The van der Waals surface area contributed by atoms with Crippen LogP contribution in [0.15, 0.2) is 0 Å². The van der Waals surface area contributed by atoms with Crippen LogP contribution in [0.4, 0.5) is 0 Å². The molecule has 2 heterocycles. The number of cyclic esters (lactones) is 1. The van der Waals surface area contributed by atoms with Gasteiger partial charge < -0.3 is 9.47 Å². The molecular formula is C13H18O4. The van der Waals surface area contributed by atoms with E-state index >= 15 is 0 Å². The number of carbonyl (C=O) groups excluding carboxylic acids is 2. The van der Waals surface area contributed by atoms with Crippen molar-refractivity contribution in [3.05, 3.63) is 0 Å². The Bertz CT molecular complexity index is 392. The molecular weight excluding hydrogens is 220 g/mol. The molecule has 1 aliphatic carbocycles. The van der Waals surface area contributed by atoms with Crippen LogP contribution in [-0.4, -0.2) is 23.1 Å². The first-order valence-electron chi connectivity index (χ1n) is 6.28. The van der Waals surface area contributed by atoms with Gasteiger partial charge in [-0.25, -0.2) is 0 Å². The molecule has 0 radical (unpaired) electrons. The second kappa shape index (κ2) is 3.03. The first-order chi connectivity index (χ1) is 7.82. The SMILES string of the molecule is CC1(C)OC(=O)[C@H]2C(=O)O[C@]3(C)CC[C@@H]1[C@H]2C3. The summed E-state index contributed by atoms with van der Waals surface area (Å²) in [6, 6.07) is 0. The van der Waals surface area contributed by atoms with Crippen molar-refractivity contribution in [2.24, 2.45) is 17.8 Å². The summed E-state index contributed by atoms with van der Waals surface area (Å²) in [7, 11) is 0. The predicted octanol–water partition coefficient (Wildman–Crippen LogP) is 1.67. The van der Waals surface area contributed by atoms with Gasteiger partial charge in [0.1, 0.15) is 11.2 Å². The topological polar surface area (TPSA) is 52.6 Å². The second-order valence-electron chi connectivity index (χ2n) is 6.39. The van der Waals surface area contributed by atoms with Crippen molar-refractivity contribution in [3.63, 3.8) is 0 Å². The van der Waals surface area contributed by atoms with Gasteiger partial charge >= 0.3 is 11.9 Å². The van der Waals surface area contributed by atoms with E-state index in [0.717, 1.165) is 19.3 Å². The Morgan fingerprint density at radius 3 is 2.47 bits per heavy atom. The molecule has 0 aromatic heterocycles. The molecule has 3 aliphatic rings. The van der Waals surface area contributed by atoms with Crippen LogP contribution in [0.3, 0.4) is 0 Å². The molecule has 0 N–H and O–H groups in total.